The van der Waals surface area contributed by atoms with Crippen LogP contribution in [0.2, 0.25) is 0 Å². The van der Waals surface area contributed by atoms with Crippen LogP contribution in [0, 0.1) is 0 Å². The van der Waals surface area contributed by atoms with Gasteiger partial charge in [0.2, 0.25) is 0 Å². The SMILES string of the molecule is C/C=C\C=C(/c1ccc2c(c1)C1(c3ccccc3O2)c2ccccc2-c2ccccc21)C(C)(c1ccccc1)c1ccccc1N. The molecule has 0 fully saturated rings. The number of fused-ring (bicyclic) bond motifs is 9. The molecule has 0 amide bonds. The standard InChI is InChI=1S/C44H35NO/c1-3-4-20-34(43(2,31-16-6-5-7-17-31)37-23-12-14-25-40(37)45)30-27-28-42-39(29-30)44(38-24-13-15-26-41(38)46-42)35-21-10-8-18-32(35)33-19-9-11-22-36(33)44/h3-29H,45H2,1-2H3/b4-3-,34-20+. The highest BCUT2D eigenvalue weighted by Gasteiger charge is 2.51. The maximum Gasteiger partial charge on any atom is 0.132 e. The van der Waals surface area contributed by atoms with Crippen molar-refractivity contribution in [3.8, 4) is 22.6 Å². The lowest BCUT2D eigenvalue weighted by molar-refractivity contribution is 0.436. The zero-order valence-corrected chi connectivity index (χ0v) is 26.1. The third-order valence-corrected chi connectivity index (χ3v) is 10.0. The molecule has 2 heteroatoms. The number of nitrogens with two attached hydrogens (primary N) is 1. The fourth-order valence-corrected chi connectivity index (χ4v) is 7.95. The van der Waals surface area contributed by atoms with Crippen molar-refractivity contribution in [2.45, 2.75) is 24.7 Å². The van der Waals surface area contributed by atoms with E-state index >= 15 is 0 Å². The molecule has 1 spiro atoms. The van der Waals surface area contributed by atoms with Gasteiger partial charge in [-0.1, -0.05) is 140 Å². The Labute approximate surface area is 271 Å². The van der Waals surface area contributed by atoms with Crippen molar-refractivity contribution in [3.63, 3.8) is 0 Å². The molecule has 1 unspecified atom stereocenters. The van der Waals surface area contributed by atoms with Crippen LogP contribution in [-0.4, -0.2) is 0 Å². The van der Waals surface area contributed by atoms with Gasteiger partial charge in [0.25, 0.3) is 0 Å². The predicted octanol–water partition coefficient (Wildman–Crippen LogP) is 10.7. The van der Waals surface area contributed by atoms with Crippen molar-refractivity contribution >= 4 is 11.3 Å². The number of hydrogen-bond donors (Lipinski definition) is 1. The van der Waals surface area contributed by atoms with Crippen LogP contribution >= 0.6 is 0 Å². The van der Waals surface area contributed by atoms with Gasteiger partial charge in [-0.2, -0.15) is 0 Å². The van der Waals surface area contributed by atoms with E-state index in [1.165, 1.54) is 27.8 Å². The van der Waals surface area contributed by atoms with E-state index in [1.54, 1.807) is 0 Å². The number of ether oxygens (including phenoxy) is 1. The Morgan fingerprint density at radius 2 is 1.22 bits per heavy atom. The highest BCUT2D eigenvalue weighted by atomic mass is 16.5. The molecule has 2 nitrogen and oxygen atoms in total. The lowest BCUT2D eigenvalue weighted by atomic mass is 9.64. The van der Waals surface area contributed by atoms with Crippen LogP contribution in [0.4, 0.5) is 5.69 Å². The number of anilines is 1. The van der Waals surface area contributed by atoms with Gasteiger partial charge in [0.1, 0.15) is 11.5 Å². The average Bonchev–Trinajstić information content (AvgIpc) is 3.40. The van der Waals surface area contributed by atoms with Gasteiger partial charge in [-0.05, 0) is 82.6 Å². The van der Waals surface area contributed by atoms with E-state index in [4.69, 9.17) is 10.5 Å². The van der Waals surface area contributed by atoms with E-state index in [9.17, 15) is 0 Å². The Morgan fingerprint density at radius 3 is 1.91 bits per heavy atom. The molecular weight excluding hydrogens is 558 g/mol. The van der Waals surface area contributed by atoms with Crippen LogP contribution in [0.3, 0.4) is 0 Å². The summed E-state index contributed by atoms with van der Waals surface area (Å²) in [6.45, 7) is 4.36. The maximum absolute atomic E-state index is 6.79. The Bertz CT molecular complexity index is 2130. The van der Waals surface area contributed by atoms with Gasteiger partial charge in [-0.15, -0.1) is 0 Å². The van der Waals surface area contributed by atoms with Crippen molar-refractivity contribution in [3.05, 3.63) is 203 Å². The molecule has 1 aliphatic heterocycles. The number of rotatable bonds is 5. The molecule has 0 saturated heterocycles. The van der Waals surface area contributed by atoms with Gasteiger partial charge < -0.3 is 10.5 Å². The second kappa shape index (κ2) is 10.8. The number of para-hydroxylation sites is 2. The summed E-state index contributed by atoms with van der Waals surface area (Å²) in [5.41, 5.74) is 18.4. The van der Waals surface area contributed by atoms with Gasteiger partial charge in [-0.25, -0.2) is 0 Å². The summed E-state index contributed by atoms with van der Waals surface area (Å²) in [4.78, 5) is 0. The zero-order chi connectivity index (χ0) is 31.3. The minimum absolute atomic E-state index is 0.534. The Hall–Kier alpha value is -5.60. The first-order valence-electron chi connectivity index (χ1n) is 15.9. The molecule has 2 N–H and O–H groups in total. The molecule has 1 heterocycles. The molecule has 0 bridgehead atoms. The van der Waals surface area contributed by atoms with Gasteiger partial charge >= 0.3 is 0 Å². The molecule has 2 aliphatic rings. The van der Waals surface area contributed by atoms with Crippen LogP contribution < -0.4 is 10.5 Å². The summed E-state index contributed by atoms with van der Waals surface area (Å²) in [5, 5.41) is 0. The number of nitrogen functional groups attached to an aromatic ring is 1. The first-order chi connectivity index (χ1) is 22.6. The predicted molar refractivity (Wildman–Crippen MR) is 190 cm³/mol. The third-order valence-electron chi connectivity index (χ3n) is 10.0. The van der Waals surface area contributed by atoms with E-state index in [1.807, 2.05) is 12.1 Å². The van der Waals surface area contributed by atoms with E-state index in [-0.39, 0.29) is 0 Å². The van der Waals surface area contributed by atoms with Gasteiger partial charge in [0.05, 0.1) is 5.41 Å². The quantitative estimate of drug-likeness (QED) is 0.159. The average molecular weight is 594 g/mol. The third kappa shape index (κ3) is 3.90. The van der Waals surface area contributed by atoms with Gasteiger partial charge in [0, 0.05) is 22.2 Å². The van der Waals surface area contributed by atoms with E-state index in [2.05, 4.69) is 166 Å². The normalized spacial score (nSPS) is 15.4. The zero-order valence-electron chi connectivity index (χ0n) is 26.1. The molecule has 1 aliphatic carbocycles. The Kier molecular flexibility index (Phi) is 6.54. The second-order valence-electron chi connectivity index (χ2n) is 12.3. The molecule has 0 saturated carbocycles. The van der Waals surface area contributed by atoms with Crippen molar-refractivity contribution < 1.29 is 4.74 Å². The first-order valence-corrected chi connectivity index (χ1v) is 15.9. The molecule has 6 aromatic carbocycles. The summed E-state index contributed by atoms with van der Waals surface area (Å²) in [6.07, 6.45) is 6.47. The number of allylic oxidation sites excluding steroid dienone is 4. The van der Waals surface area contributed by atoms with Crippen LogP contribution in [-0.2, 0) is 10.8 Å². The van der Waals surface area contributed by atoms with Crippen molar-refractivity contribution in [2.75, 3.05) is 5.73 Å². The second-order valence-corrected chi connectivity index (χ2v) is 12.3. The van der Waals surface area contributed by atoms with Gasteiger partial charge in [0.15, 0.2) is 0 Å². The van der Waals surface area contributed by atoms with Crippen LogP contribution in [0.1, 0.15) is 52.8 Å². The Balaban J connectivity index is 1.45. The number of hydrogen-bond acceptors (Lipinski definition) is 2. The lowest BCUT2D eigenvalue weighted by Crippen LogP contribution is -2.32. The van der Waals surface area contributed by atoms with E-state index in [0.29, 0.717) is 0 Å². The van der Waals surface area contributed by atoms with Crippen LogP contribution in [0.25, 0.3) is 16.7 Å². The fraction of sp³-hybridized carbons (Fsp3) is 0.0909. The smallest absolute Gasteiger partial charge is 0.132 e. The van der Waals surface area contributed by atoms with Crippen molar-refractivity contribution in [1.29, 1.82) is 0 Å². The fourth-order valence-electron chi connectivity index (χ4n) is 7.95. The number of benzene rings is 6. The minimum atomic E-state index is -0.549. The largest absolute Gasteiger partial charge is 0.457 e. The highest BCUT2D eigenvalue weighted by Crippen LogP contribution is 2.62. The summed E-state index contributed by atoms with van der Waals surface area (Å²) in [5.74, 6) is 1.77. The summed E-state index contributed by atoms with van der Waals surface area (Å²) >= 11 is 0. The lowest BCUT2D eigenvalue weighted by Gasteiger charge is -2.40. The van der Waals surface area contributed by atoms with Crippen LogP contribution in [0.15, 0.2) is 164 Å². The Morgan fingerprint density at radius 1 is 0.630 bits per heavy atom. The molecule has 0 radical (unpaired) electrons. The van der Waals surface area contributed by atoms with Crippen molar-refractivity contribution in [1.82, 2.24) is 0 Å². The van der Waals surface area contributed by atoms with Crippen molar-refractivity contribution in [2.24, 2.45) is 0 Å². The monoisotopic (exact) mass is 593 g/mol. The van der Waals surface area contributed by atoms with Gasteiger partial charge in [-0.3, -0.25) is 0 Å². The molecule has 6 aromatic rings. The summed E-state index contributed by atoms with van der Waals surface area (Å²) in [7, 11) is 0. The molecule has 8 rings (SSSR count). The molecular formula is C44H35NO. The molecule has 0 aromatic heterocycles. The maximum atomic E-state index is 6.79. The molecule has 46 heavy (non-hydrogen) atoms. The first kappa shape index (κ1) is 27.9. The van der Waals surface area contributed by atoms with E-state index < -0.39 is 10.8 Å². The minimum Gasteiger partial charge on any atom is -0.457 e. The molecule has 1 atom stereocenters. The topological polar surface area (TPSA) is 35.2 Å². The van der Waals surface area contributed by atoms with Crippen LogP contribution in [0.5, 0.6) is 11.5 Å². The summed E-state index contributed by atoms with van der Waals surface area (Å²) < 4.78 is 6.73. The summed E-state index contributed by atoms with van der Waals surface area (Å²) in [6, 6.07) is 51.9. The van der Waals surface area contributed by atoms with E-state index in [0.717, 1.165) is 45.0 Å². The highest BCUT2D eigenvalue weighted by molar-refractivity contribution is 5.90. The molecule has 222 valence electrons.